The number of aliphatic hydroxyl groups is 1. The van der Waals surface area contributed by atoms with E-state index in [9.17, 15) is 23.6 Å². The van der Waals surface area contributed by atoms with Crippen molar-refractivity contribution in [2.45, 2.75) is 31.0 Å². The quantitative estimate of drug-likeness (QED) is 0.195. The van der Waals surface area contributed by atoms with Gasteiger partial charge in [0.25, 0.3) is 15.7 Å². The molecule has 0 radical (unpaired) electrons. The highest BCUT2D eigenvalue weighted by Crippen LogP contribution is 2.26. The molecule has 0 spiro atoms. The third-order valence-electron chi connectivity index (χ3n) is 6.30. The average Bonchev–Trinajstić information content (AvgIpc) is 2.93. The lowest BCUT2D eigenvalue weighted by Gasteiger charge is -2.30. The predicted octanol–water partition coefficient (Wildman–Crippen LogP) is 5.16. The molecule has 1 atom stereocenters. The van der Waals surface area contributed by atoms with Gasteiger partial charge < -0.3 is 5.11 Å². The third-order valence-corrected chi connectivity index (χ3v) is 8.11. The Morgan fingerprint density at radius 1 is 0.769 bits per heavy atom. The van der Waals surface area contributed by atoms with Gasteiger partial charge in [-0.15, -0.1) is 0 Å². The minimum atomic E-state index is -4.13. The number of anilines is 1. The molecule has 0 saturated carbocycles. The molecule has 4 rings (SSSR count). The molecule has 0 unspecified atom stereocenters. The van der Waals surface area contributed by atoms with Gasteiger partial charge in [-0.3, -0.25) is 19.3 Å². The summed E-state index contributed by atoms with van der Waals surface area (Å²) < 4.78 is 28.6. The molecule has 0 bridgehead atoms. The van der Waals surface area contributed by atoms with Crippen molar-refractivity contribution in [3.8, 4) is 0 Å². The second-order valence-electron chi connectivity index (χ2n) is 9.42. The minimum absolute atomic E-state index is 0.0914. The van der Waals surface area contributed by atoms with Crippen molar-refractivity contribution in [1.29, 1.82) is 0 Å². The Kier molecular flexibility index (Phi) is 9.08. The van der Waals surface area contributed by atoms with Gasteiger partial charge in [-0.25, -0.2) is 8.42 Å². The van der Waals surface area contributed by atoms with Gasteiger partial charge in [-0.1, -0.05) is 78.4 Å². The smallest absolute Gasteiger partial charge is 0.269 e. The van der Waals surface area contributed by atoms with Crippen LogP contribution in [0.4, 0.5) is 11.4 Å². The first-order valence-electron chi connectivity index (χ1n) is 12.5. The number of nitro benzene ring substituents is 1. The fraction of sp³-hybridized carbons (Fsp3) is 0.200. The SMILES string of the molecule is Cc1ccc(N(C[C@@H](O)CN(Cc2ccccc2)Cc2ccccc2)S(=O)(=O)c2ccc([N+](=O)[O-])cc2)cc1. The van der Waals surface area contributed by atoms with Gasteiger partial charge in [0.1, 0.15) is 0 Å². The van der Waals surface area contributed by atoms with Crippen LogP contribution in [0.25, 0.3) is 0 Å². The minimum Gasteiger partial charge on any atom is -0.390 e. The Balaban J connectivity index is 1.60. The van der Waals surface area contributed by atoms with E-state index in [-0.39, 0.29) is 23.7 Å². The van der Waals surface area contributed by atoms with E-state index in [2.05, 4.69) is 4.90 Å². The topological polar surface area (TPSA) is 104 Å². The molecule has 4 aromatic rings. The number of sulfonamides is 1. The lowest BCUT2D eigenvalue weighted by Crippen LogP contribution is -2.42. The molecule has 0 fully saturated rings. The number of nitro groups is 1. The highest BCUT2D eigenvalue weighted by Gasteiger charge is 2.28. The zero-order valence-corrected chi connectivity index (χ0v) is 22.4. The predicted molar refractivity (Wildman–Crippen MR) is 152 cm³/mol. The standard InChI is InChI=1S/C30H31N3O5S/c1-24-12-14-27(15-13-24)32(39(37,38)30-18-16-28(17-19-30)33(35)36)23-29(34)22-31(20-25-8-4-2-5-9-25)21-26-10-6-3-7-11-26/h2-19,29,34H,20-23H2,1H3/t29-/m0/s1. The third kappa shape index (κ3) is 7.51. The molecule has 39 heavy (non-hydrogen) atoms. The molecule has 1 N–H and O–H groups in total. The fourth-order valence-corrected chi connectivity index (χ4v) is 5.84. The molecule has 0 aliphatic carbocycles. The number of hydrogen-bond acceptors (Lipinski definition) is 6. The number of hydrogen-bond donors (Lipinski definition) is 1. The molecule has 8 nitrogen and oxygen atoms in total. The molecular weight excluding hydrogens is 514 g/mol. The molecule has 202 valence electrons. The molecule has 0 aliphatic heterocycles. The van der Waals surface area contributed by atoms with Crippen LogP contribution in [-0.2, 0) is 23.1 Å². The Morgan fingerprint density at radius 2 is 1.28 bits per heavy atom. The van der Waals surface area contributed by atoms with E-state index in [1.807, 2.05) is 67.6 Å². The number of nitrogens with zero attached hydrogens (tertiary/aromatic N) is 3. The maximum atomic E-state index is 13.7. The van der Waals surface area contributed by atoms with E-state index in [1.54, 1.807) is 24.3 Å². The maximum absolute atomic E-state index is 13.7. The van der Waals surface area contributed by atoms with Gasteiger partial charge in [0, 0.05) is 31.8 Å². The largest absolute Gasteiger partial charge is 0.390 e. The van der Waals surface area contributed by atoms with Crippen LogP contribution in [0.3, 0.4) is 0 Å². The lowest BCUT2D eigenvalue weighted by atomic mass is 10.1. The Labute approximate surface area is 229 Å². The van der Waals surface area contributed by atoms with Crippen molar-refractivity contribution in [3.05, 3.63) is 136 Å². The van der Waals surface area contributed by atoms with Crippen molar-refractivity contribution < 1.29 is 18.4 Å². The van der Waals surface area contributed by atoms with Gasteiger partial charge >= 0.3 is 0 Å². The molecule has 0 aromatic heterocycles. The second kappa shape index (κ2) is 12.7. The van der Waals surface area contributed by atoms with Crippen LogP contribution in [0.5, 0.6) is 0 Å². The first kappa shape index (κ1) is 28.0. The molecule has 4 aromatic carbocycles. The molecular formula is C30H31N3O5S. The maximum Gasteiger partial charge on any atom is 0.269 e. The normalized spacial score (nSPS) is 12.3. The summed E-state index contributed by atoms with van der Waals surface area (Å²) in [7, 11) is -4.13. The van der Waals surface area contributed by atoms with Gasteiger partial charge in [0.15, 0.2) is 0 Å². The van der Waals surface area contributed by atoms with Gasteiger partial charge in [-0.05, 0) is 42.3 Å². The van der Waals surface area contributed by atoms with Crippen LogP contribution in [0.15, 0.2) is 114 Å². The number of benzene rings is 4. The van der Waals surface area contributed by atoms with Gasteiger partial charge in [0.2, 0.25) is 0 Å². The van der Waals surface area contributed by atoms with Crippen molar-refractivity contribution in [2.75, 3.05) is 17.4 Å². The summed E-state index contributed by atoms with van der Waals surface area (Å²) in [5.41, 5.74) is 3.32. The van der Waals surface area contributed by atoms with Crippen molar-refractivity contribution in [1.82, 2.24) is 4.90 Å². The summed E-state index contributed by atoms with van der Waals surface area (Å²) in [4.78, 5) is 12.5. The summed E-state index contributed by atoms with van der Waals surface area (Å²) >= 11 is 0. The zero-order chi connectivity index (χ0) is 27.8. The van der Waals surface area contributed by atoms with Crippen LogP contribution in [0, 0.1) is 17.0 Å². The molecule has 9 heteroatoms. The lowest BCUT2D eigenvalue weighted by molar-refractivity contribution is -0.384. The van der Waals surface area contributed by atoms with E-state index in [4.69, 9.17) is 0 Å². The highest BCUT2D eigenvalue weighted by molar-refractivity contribution is 7.92. The summed E-state index contributed by atoms with van der Waals surface area (Å²) in [6.45, 7) is 3.09. The van der Waals surface area contributed by atoms with E-state index >= 15 is 0 Å². The first-order chi connectivity index (χ1) is 18.7. The van der Waals surface area contributed by atoms with Crippen molar-refractivity contribution >= 4 is 21.4 Å². The van der Waals surface area contributed by atoms with Crippen LogP contribution in [0.1, 0.15) is 16.7 Å². The van der Waals surface area contributed by atoms with Crippen LogP contribution in [0.2, 0.25) is 0 Å². The number of rotatable bonds is 12. The first-order valence-corrected chi connectivity index (χ1v) is 14.0. The summed E-state index contributed by atoms with van der Waals surface area (Å²) in [6, 6.07) is 31.6. The average molecular weight is 546 g/mol. The van der Waals surface area contributed by atoms with Crippen LogP contribution in [-0.4, -0.2) is 42.5 Å². The number of non-ortho nitro benzene ring substituents is 1. The van der Waals surface area contributed by atoms with E-state index in [0.717, 1.165) is 28.8 Å². The monoisotopic (exact) mass is 545 g/mol. The fourth-order valence-electron chi connectivity index (χ4n) is 4.34. The van der Waals surface area contributed by atoms with Crippen LogP contribution >= 0.6 is 0 Å². The summed E-state index contributed by atoms with van der Waals surface area (Å²) in [5, 5.41) is 22.3. The summed E-state index contributed by atoms with van der Waals surface area (Å²) in [6.07, 6.45) is -1.02. The van der Waals surface area contributed by atoms with Crippen molar-refractivity contribution in [3.63, 3.8) is 0 Å². The summed E-state index contributed by atoms with van der Waals surface area (Å²) in [5.74, 6) is 0. The van der Waals surface area contributed by atoms with Gasteiger partial charge in [-0.2, -0.15) is 0 Å². The molecule has 0 amide bonds. The highest BCUT2D eigenvalue weighted by atomic mass is 32.2. The number of aryl methyl sites for hydroxylation is 1. The van der Waals surface area contributed by atoms with E-state index in [1.165, 1.54) is 16.4 Å². The van der Waals surface area contributed by atoms with E-state index in [0.29, 0.717) is 18.8 Å². The molecule has 0 heterocycles. The van der Waals surface area contributed by atoms with E-state index < -0.39 is 21.1 Å². The molecule has 0 saturated heterocycles. The zero-order valence-electron chi connectivity index (χ0n) is 21.6. The van der Waals surface area contributed by atoms with Crippen molar-refractivity contribution in [2.24, 2.45) is 0 Å². The Bertz CT molecular complexity index is 1420. The number of aliphatic hydroxyl groups excluding tert-OH is 1. The Morgan fingerprint density at radius 3 is 1.77 bits per heavy atom. The van der Waals surface area contributed by atoms with Gasteiger partial charge in [0.05, 0.1) is 28.2 Å². The second-order valence-corrected chi connectivity index (χ2v) is 11.3. The molecule has 0 aliphatic rings. The Hall–Kier alpha value is -4.05. The van der Waals surface area contributed by atoms with Crippen LogP contribution < -0.4 is 4.31 Å².